The van der Waals surface area contributed by atoms with Gasteiger partial charge in [0.1, 0.15) is 6.04 Å². The number of benzene rings is 2. The Kier molecular flexibility index (Phi) is 8.12. The summed E-state index contributed by atoms with van der Waals surface area (Å²) in [6.07, 6.45) is 0.710. The number of carbonyl (C=O) groups excluding carboxylic acids is 3. The van der Waals surface area contributed by atoms with Gasteiger partial charge in [-0.3, -0.25) is 14.4 Å². The molecule has 0 saturated carbocycles. The van der Waals surface area contributed by atoms with E-state index >= 15 is 0 Å². The number of allylic oxidation sites excluding steroid dienone is 1. The van der Waals surface area contributed by atoms with E-state index in [9.17, 15) is 19.5 Å². The van der Waals surface area contributed by atoms with Gasteiger partial charge in [0.2, 0.25) is 5.91 Å². The number of hydrogen-bond acceptors (Lipinski definition) is 4. The number of nitrogens with one attached hydrogen (secondary N) is 2. The van der Waals surface area contributed by atoms with E-state index in [4.69, 9.17) is 5.73 Å². The van der Waals surface area contributed by atoms with Crippen LogP contribution < -0.4 is 16.4 Å². The summed E-state index contributed by atoms with van der Waals surface area (Å²) < 4.78 is 0. The first kappa shape index (κ1) is 21.8. The molecule has 0 radical (unpaired) electrons. The zero-order valence-electron chi connectivity index (χ0n) is 16.0. The molecule has 0 heterocycles. The average molecular weight is 395 g/mol. The molecule has 0 aliphatic carbocycles. The molecule has 3 atom stereocenters. The third-order valence-electron chi connectivity index (χ3n) is 4.39. The van der Waals surface area contributed by atoms with Gasteiger partial charge >= 0.3 is 0 Å². The fourth-order valence-corrected chi connectivity index (χ4v) is 2.80. The van der Waals surface area contributed by atoms with Gasteiger partial charge in [-0.15, -0.1) is 6.58 Å². The summed E-state index contributed by atoms with van der Waals surface area (Å²) in [5.41, 5.74) is 6.26. The zero-order valence-corrected chi connectivity index (χ0v) is 16.0. The van der Waals surface area contributed by atoms with Crippen LogP contribution in [0.15, 0.2) is 73.3 Å². The Morgan fingerprint density at radius 3 is 2.14 bits per heavy atom. The van der Waals surface area contributed by atoms with E-state index in [1.165, 1.54) is 0 Å². The van der Waals surface area contributed by atoms with Gasteiger partial charge in [-0.2, -0.15) is 0 Å². The van der Waals surface area contributed by atoms with Crippen LogP contribution in [0.3, 0.4) is 0 Å². The Balaban J connectivity index is 2.21. The molecule has 7 heteroatoms. The van der Waals surface area contributed by atoms with Crippen LogP contribution in [-0.4, -0.2) is 35.0 Å². The summed E-state index contributed by atoms with van der Waals surface area (Å²) in [6, 6.07) is 15.1. The molecule has 7 nitrogen and oxygen atoms in total. The van der Waals surface area contributed by atoms with E-state index in [2.05, 4.69) is 17.2 Å². The molecular weight excluding hydrogens is 370 g/mol. The second-order valence-corrected chi connectivity index (χ2v) is 6.50. The Hall–Kier alpha value is -3.45. The first-order valence-corrected chi connectivity index (χ1v) is 9.23. The molecule has 0 unspecified atom stereocenters. The number of rotatable bonds is 10. The summed E-state index contributed by atoms with van der Waals surface area (Å²) in [4.78, 5) is 36.8. The lowest BCUT2D eigenvalue weighted by Gasteiger charge is -2.25. The molecule has 0 bridgehead atoms. The Labute approximate surface area is 169 Å². The van der Waals surface area contributed by atoms with Gasteiger partial charge in [-0.1, -0.05) is 54.6 Å². The SMILES string of the molecule is C=CCC[C@@H](NC(=O)[C@H](O)[C@@H](NC(=O)c1ccccc1)c1ccccc1)C(N)=O. The highest BCUT2D eigenvalue weighted by Gasteiger charge is 2.31. The van der Waals surface area contributed by atoms with Gasteiger partial charge < -0.3 is 21.5 Å². The second-order valence-electron chi connectivity index (χ2n) is 6.50. The van der Waals surface area contributed by atoms with E-state index in [-0.39, 0.29) is 6.42 Å². The number of nitrogens with two attached hydrogens (primary N) is 1. The van der Waals surface area contributed by atoms with Crippen molar-refractivity contribution in [2.45, 2.75) is 31.0 Å². The van der Waals surface area contributed by atoms with Crippen molar-refractivity contribution in [3.63, 3.8) is 0 Å². The summed E-state index contributed by atoms with van der Waals surface area (Å²) in [7, 11) is 0. The van der Waals surface area contributed by atoms with E-state index in [0.717, 1.165) is 0 Å². The number of amides is 3. The number of hydrogen-bond donors (Lipinski definition) is 4. The molecule has 0 spiro atoms. The molecule has 5 N–H and O–H groups in total. The standard InChI is InChI=1S/C22H25N3O4/c1-2-3-14-17(20(23)27)24-22(29)19(26)18(15-10-6-4-7-11-15)25-21(28)16-12-8-5-9-13-16/h2,4-13,17-19,26H,1,3,14H2,(H2,23,27)(H,24,29)(H,25,28)/t17-,18+,19-/m1/s1. The quantitative estimate of drug-likeness (QED) is 0.455. The van der Waals surface area contributed by atoms with Gasteiger partial charge in [-0.05, 0) is 30.5 Å². The molecule has 0 aliphatic heterocycles. The van der Waals surface area contributed by atoms with Crippen molar-refractivity contribution in [3.8, 4) is 0 Å². The first-order chi connectivity index (χ1) is 13.9. The molecule has 3 amide bonds. The van der Waals surface area contributed by atoms with Crippen LogP contribution in [0.25, 0.3) is 0 Å². The van der Waals surface area contributed by atoms with E-state index in [1.54, 1.807) is 66.7 Å². The molecule has 0 aromatic heterocycles. The van der Waals surface area contributed by atoms with E-state index in [0.29, 0.717) is 17.5 Å². The molecule has 152 valence electrons. The lowest BCUT2D eigenvalue weighted by molar-refractivity contribution is -0.134. The van der Waals surface area contributed by atoms with Crippen molar-refractivity contribution < 1.29 is 19.5 Å². The first-order valence-electron chi connectivity index (χ1n) is 9.23. The molecule has 0 saturated heterocycles. The van der Waals surface area contributed by atoms with Crippen molar-refractivity contribution in [1.29, 1.82) is 0 Å². The predicted molar refractivity (Wildman–Crippen MR) is 110 cm³/mol. The zero-order chi connectivity index (χ0) is 21.2. The fraction of sp³-hybridized carbons (Fsp3) is 0.227. The summed E-state index contributed by atoms with van der Waals surface area (Å²) in [5, 5.41) is 15.8. The van der Waals surface area contributed by atoms with Gasteiger partial charge in [0, 0.05) is 5.56 Å². The fourth-order valence-electron chi connectivity index (χ4n) is 2.80. The van der Waals surface area contributed by atoms with Crippen LogP contribution in [0.4, 0.5) is 0 Å². The summed E-state index contributed by atoms with van der Waals surface area (Å²) >= 11 is 0. The van der Waals surface area contributed by atoms with Crippen molar-refractivity contribution >= 4 is 17.7 Å². The van der Waals surface area contributed by atoms with E-state index in [1.807, 2.05) is 0 Å². The minimum Gasteiger partial charge on any atom is -0.381 e. The number of aliphatic hydroxyl groups excluding tert-OH is 1. The van der Waals surface area contributed by atoms with Crippen molar-refractivity contribution in [2.24, 2.45) is 5.73 Å². The third-order valence-corrected chi connectivity index (χ3v) is 4.39. The highest BCUT2D eigenvalue weighted by Crippen LogP contribution is 2.18. The summed E-state index contributed by atoms with van der Waals surface area (Å²) in [6.45, 7) is 3.57. The number of aliphatic hydroxyl groups is 1. The molecule has 2 aromatic carbocycles. The predicted octanol–water partition coefficient (Wildman–Crippen LogP) is 1.45. The molecule has 2 aromatic rings. The number of carbonyl (C=O) groups is 3. The van der Waals surface area contributed by atoms with Crippen LogP contribution in [0.2, 0.25) is 0 Å². The topological polar surface area (TPSA) is 122 Å². The largest absolute Gasteiger partial charge is 0.381 e. The Morgan fingerprint density at radius 2 is 1.59 bits per heavy atom. The monoisotopic (exact) mass is 395 g/mol. The van der Waals surface area contributed by atoms with Gasteiger partial charge in [0.25, 0.3) is 11.8 Å². The normalized spacial score (nSPS) is 13.6. The van der Waals surface area contributed by atoms with Gasteiger partial charge in [-0.25, -0.2) is 0 Å². The van der Waals surface area contributed by atoms with Crippen LogP contribution in [0.5, 0.6) is 0 Å². The lowest BCUT2D eigenvalue weighted by atomic mass is 9.99. The van der Waals surface area contributed by atoms with Crippen LogP contribution in [0, 0.1) is 0 Å². The molecule has 29 heavy (non-hydrogen) atoms. The van der Waals surface area contributed by atoms with Crippen molar-refractivity contribution in [1.82, 2.24) is 10.6 Å². The number of primary amides is 1. The summed E-state index contributed by atoms with van der Waals surface area (Å²) in [5.74, 6) is -1.96. The van der Waals surface area contributed by atoms with Crippen molar-refractivity contribution in [2.75, 3.05) is 0 Å². The van der Waals surface area contributed by atoms with Crippen LogP contribution in [0.1, 0.15) is 34.8 Å². The average Bonchev–Trinajstić information content (AvgIpc) is 2.75. The van der Waals surface area contributed by atoms with Crippen molar-refractivity contribution in [3.05, 3.63) is 84.4 Å². The highest BCUT2D eigenvalue weighted by molar-refractivity contribution is 5.95. The molecular formula is C22H25N3O4. The smallest absolute Gasteiger partial charge is 0.252 e. The second kappa shape index (κ2) is 10.8. The molecule has 0 aliphatic rings. The maximum Gasteiger partial charge on any atom is 0.252 e. The van der Waals surface area contributed by atoms with Crippen LogP contribution >= 0.6 is 0 Å². The van der Waals surface area contributed by atoms with Gasteiger partial charge in [0.05, 0.1) is 6.04 Å². The molecule has 2 rings (SSSR count). The molecule has 0 fully saturated rings. The highest BCUT2D eigenvalue weighted by atomic mass is 16.3. The van der Waals surface area contributed by atoms with Gasteiger partial charge in [0.15, 0.2) is 6.10 Å². The maximum atomic E-state index is 12.6. The Morgan fingerprint density at radius 1 is 1.00 bits per heavy atom. The minimum absolute atomic E-state index is 0.268. The lowest BCUT2D eigenvalue weighted by Crippen LogP contribution is -2.51. The Bertz CT molecular complexity index is 840. The van der Waals surface area contributed by atoms with Crippen LogP contribution in [-0.2, 0) is 9.59 Å². The minimum atomic E-state index is -1.63. The maximum absolute atomic E-state index is 12.6. The third kappa shape index (κ3) is 6.29. The van der Waals surface area contributed by atoms with E-state index < -0.39 is 35.9 Å².